The second-order valence-electron chi connectivity index (χ2n) is 8.02. The van der Waals surface area contributed by atoms with Crippen LogP contribution in [0, 0.1) is 0 Å². The number of hydrogen-bond acceptors (Lipinski definition) is 4. The Morgan fingerprint density at radius 3 is 2.47 bits per heavy atom. The summed E-state index contributed by atoms with van der Waals surface area (Å²) in [5.74, 6) is 2.41. The predicted molar refractivity (Wildman–Crippen MR) is 116 cm³/mol. The normalized spacial score (nSPS) is 16.2. The molecule has 2 aromatic carbocycles. The van der Waals surface area contributed by atoms with Crippen molar-refractivity contribution in [2.45, 2.75) is 24.8 Å². The van der Waals surface area contributed by atoms with Gasteiger partial charge >= 0.3 is 0 Å². The maximum atomic E-state index is 12.0. The lowest BCUT2D eigenvalue weighted by Crippen LogP contribution is -2.40. The summed E-state index contributed by atoms with van der Waals surface area (Å²) >= 11 is 0. The quantitative estimate of drug-likeness (QED) is 0.568. The molecule has 1 fully saturated rings. The van der Waals surface area contributed by atoms with E-state index in [2.05, 4.69) is 27.8 Å². The molecule has 0 atom stereocenters. The number of benzene rings is 2. The monoisotopic (exact) mass is 408 g/mol. The van der Waals surface area contributed by atoms with Crippen LogP contribution < -0.4 is 20.1 Å². The number of carbonyl (C=O) groups excluding carboxylic acids is 1. The van der Waals surface area contributed by atoms with E-state index in [0.29, 0.717) is 18.9 Å². The number of rotatable bonds is 6. The van der Waals surface area contributed by atoms with Crippen LogP contribution in [-0.2, 0) is 12.0 Å². The molecule has 0 radical (unpaired) electrons. The fourth-order valence-corrected chi connectivity index (χ4v) is 3.63. The number of nitrogens with one attached hydrogen (secondary N) is 2. The molecule has 2 N–H and O–H groups in total. The van der Waals surface area contributed by atoms with Gasteiger partial charge in [0.25, 0.3) is 5.91 Å². The van der Waals surface area contributed by atoms with E-state index in [4.69, 9.17) is 9.47 Å². The van der Waals surface area contributed by atoms with Crippen molar-refractivity contribution in [2.24, 2.45) is 4.99 Å². The summed E-state index contributed by atoms with van der Waals surface area (Å²) in [4.78, 5) is 17.9. The van der Waals surface area contributed by atoms with Crippen LogP contribution in [0.5, 0.6) is 11.5 Å². The van der Waals surface area contributed by atoms with Crippen LogP contribution in [0.1, 0.15) is 34.3 Å². The Bertz CT molecular complexity index is 949. The van der Waals surface area contributed by atoms with Crippen molar-refractivity contribution in [2.75, 3.05) is 34.5 Å². The van der Waals surface area contributed by atoms with Crippen molar-refractivity contribution >= 4 is 11.9 Å². The van der Waals surface area contributed by atoms with Crippen LogP contribution in [0.15, 0.2) is 47.5 Å². The van der Waals surface area contributed by atoms with Gasteiger partial charge in [-0.1, -0.05) is 18.2 Å². The maximum Gasteiger partial charge on any atom is 0.253 e. The van der Waals surface area contributed by atoms with Crippen molar-refractivity contribution in [3.8, 4) is 11.5 Å². The van der Waals surface area contributed by atoms with E-state index in [-0.39, 0.29) is 11.3 Å². The first-order valence-corrected chi connectivity index (χ1v) is 10.2. The molecule has 0 unspecified atom stereocenters. The zero-order valence-corrected chi connectivity index (χ0v) is 17.7. The number of hydrogen-bond donors (Lipinski definition) is 2. The summed E-state index contributed by atoms with van der Waals surface area (Å²) in [5, 5.41) is 6.81. The Balaban J connectivity index is 1.32. The fourth-order valence-electron chi connectivity index (χ4n) is 3.63. The average Bonchev–Trinajstić information content (AvgIpc) is 3.41. The van der Waals surface area contributed by atoms with Gasteiger partial charge in [-0.15, -0.1) is 0 Å². The molecular formula is C23H28N4O3. The number of nitrogens with zero attached hydrogens (tertiary/aromatic N) is 2. The third-order valence-electron chi connectivity index (χ3n) is 5.72. The van der Waals surface area contributed by atoms with Crippen LogP contribution >= 0.6 is 0 Å². The first-order valence-electron chi connectivity index (χ1n) is 10.2. The first kappa shape index (κ1) is 20.1. The highest BCUT2D eigenvalue weighted by Gasteiger charge is 2.44. The minimum Gasteiger partial charge on any atom is -0.454 e. The summed E-state index contributed by atoms with van der Waals surface area (Å²) in [6, 6.07) is 13.9. The van der Waals surface area contributed by atoms with Gasteiger partial charge in [-0.25, -0.2) is 0 Å². The van der Waals surface area contributed by atoms with Gasteiger partial charge in [-0.2, -0.15) is 0 Å². The van der Waals surface area contributed by atoms with E-state index in [0.717, 1.165) is 42.4 Å². The molecule has 7 heteroatoms. The Hall–Kier alpha value is -3.22. The second kappa shape index (κ2) is 8.26. The minimum absolute atomic E-state index is 0.00485. The van der Waals surface area contributed by atoms with Crippen LogP contribution in [0.3, 0.4) is 0 Å². The first-order chi connectivity index (χ1) is 14.5. The average molecular weight is 409 g/mol. The molecule has 158 valence electrons. The predicted octanol–water partition coefficient (Wildman–Crippen LogP) is 2.51. The number of ether oxygens (including phenoxy) is 2. The van der Waals surface area contributed by atoms with Gasteiger partial charge in [-0.3, -0.25) is 9.79 Å². The standard InChI is InChI=1S/C23H28N4O3/c1-24-22(25-13-16-4-6-17(7-5-16)21(28)27(2)3)26-14-23(10-11-23)18-8-9-19-20(12-18)30-15-29-19/h4-9,12H,10-11,13-15H2,1-3H3,(H2,24,25,26). The Kier molecular flexibility index (Phi) is 5.53. The van der Waals surface area contributed by atoms with Gasteiger partial charge in [0.05, 0.1) is 0 Å². The summed E-state index contributed by atoms with van der Waals surface area (Å²) in [5.41, 5.74) is 3.17. The molecule has 2 aromatic rings. The molecule has 0 saturated heterocycles. The van der Waals surface area contributed by atoms with Crippen molar-refractivity contribution in [3.63, 3.8) is 0 Å². The Morgan fingerprint density at radius 1 is 1.07 bits per heavy atom. The molecule has 1 heterocycles. The van der Waals surface area contributed by atoms with E-state index in [1.165, 1.54) is 5.56 Å². The Labute approximate surface area is 177 Å². The summed E-state index contributed by atoms with van der Waals surface area (Å²) in [6.45, 7) is 1.74. The van der Waals surface area contributed by atoms with Crippen molar-refractivity contribution in [1.82, 2.24) is 15.5 Å². The smallest absolute Gasteiger partial charge is 0.253 e. The number of aliphatic imine (C=N–C) groups is 1. The number of amides is 1. The molecule has 1 aliphatic heterocycles. The lowest BCUT2D eigenvalue weighted by atomic mass is 9.95. The number of fused-ring (bicyclic) bond motifs is 1. The van der Waals surface area contributed by atoms with E-state index in [9.17, 15) is 4.79 Å². The molecule has 4 rings (SSSR count). The fraction of sp³-hybridized carbons (Fsp3) is 0.391. The van der Waals surface area contributed by atoms with Gasteiger partial charge in [0.15, 0.2) is 17.5 Å². The summed E-state index contributed by atoms with van der Waals surface area (Å²) in [6.07, 6.45) is 2.27. The van der Waals surface area contributed by atoms with Crippen LogP contribution in [0.4, 0.5) is 0 Å². The topological polar surface area (TPSA) is 75.2 Å². The molecule has 1 saturated carbocycles. The molecule has 1 amide bonds. The van der Waals surface area contributed by atoms with E-state index < -0.39 is 0 Å². The third-order valence-corrected chi connectivity index (χ3v) is 5.72. The lowest BCUT2D eigenvalue weighted by molar-refractivity contribution is 0.0827. The van der Waals surface area contributed by atoms with E-state index in [1.54, 1.807) is 26.0 Å². The number of carbonyl (C=O) groups is 1. The van der Waals surface area contributed by atoms with Crippen LogP contribution in [0.2, 0.25) is 0 Å². The highest BCUT2D eigenvalue weighted by atomic mass is 16.7. The molecule has 7 nitrogen and oxygen atoms in total. The molecule has 0 bridgehead atoms. The summed E-state index contributed by atoms with van der Waals surface area (Å²) < 4.78 is 11.0. The molecule has 30 heavy (non-hydrogen) atoms. The Morgan fingerprint density at radius 2 is 1.80 bits per heavy atom. The molecular weight excluding hydrogens is 380 g/mol. The van der Waals surface area contributed by atoms with Gasteiger partial charge < -0.3 is 25.0 Å². The lowest BCUT2D eigenvalue weighted by Gasteiger charge is -2.19. The maximum absolute atomic E-state index is 12.0. The summed E-state index contributed by atoms with van der Waals surface area (Å²) in [7, 11) is 5.28. The largest absolute Gasteiger partial charge is 0.454 e. The van der Waals surface area contributed by atoms with Gasteiger partial charge in [0, 0.05) is 45.2 Å². The van der Waals surface area contributed by atoms with Crippen molar-refractivity contribution in [3.05, 3.63) is 59.2 Å². The molecule has 0 aromatic heterocycles. The zero-order chi connectivity index (χ0) is 21.1. The van der Waals surface area contributed by atoms with E-state index >= 15 is 0 Å². The molecule has 2 aliphatic rings. The van der Waals surface area contributed by atoms with Crippen LogP contribution in [-0.4, -0.2) is 51.2 Å². The van der Waals surface area contributed by atoms with Gasteiger partial charge in [-0.05, 0) is 48.2 Å². The van der Waals surface area contributed by atoms with Gasteiger partial charge in [0.2, 0.25) is 6.79 Å². The highest BCUT2D eigenvalue weighted by Crippen LogP contribution is 2.49. The molecule has 1 aliphatic carbocycles. The molecule has 0 spiro atoms. The van der Waals surface area contributed by atoms with Crippen molar-refractivity contribution < 1.29 is 14.3 Å². The minimum atomic E-state index is 0.00485. The van der Waals surface area contributed by atoms with Gasteiger partial charge in [0.1, 0.15) is 0 Å². The van der Waals surface area contributed by atoms with E-state index in [1.807, 2.05) is 30.3 Å². The van der Waals surface area contributed by atoms with Crippen molar-refractivity contribution in [1.29, 1.82) is 0 Å². The third kappa shape index (κ3) is 4.20. The number of guanidine groups is 1. The second-order valence-corrected chi connectivity index (χ2v) is 8.02. The SMILES string of the molecule is CN=C(NCc1ccc(C(=O)N(C)C)cc1)NCC1(c2ccc3c(c2)OCO3)CC1. The zero-order valence-electron chi connectivity index (χ0n) is 17.7. The highest BCUT2D eigenvalue weighted by molar-refractivity contribution is 5.93. The van der Waals surface area contributed by atoms with Crippen LogP contribution in [0.25, 0.3) is 0 Å².